The van der Waals surface area contributed by atoms with Crippen LogP contribution in [-0.4, -0.2) is 28.8 Å². The van der Waals surface area contributed by atoms with Crippen molar-refractivity contribution in [3.63, 3.8) is 0 Å². The minimum atomic E-state index is 0.0349. The largest absolute Gasteiger partial charge is 0.496 e. The lowest BCUT2D eigenvalue weighted by atomic mass is 9.97. The summed E-state index contributed by atoms with van der Waals surface area (Å²) in [7, 11) is 1.59. The number of aromatic nitrogens is 2. The second-order valence-corrected chi connectivity index (χ2v) is 7.14. The Kier molecular flexibility index (Phi) is 6.29. The van der Waals surface area contributed by atoms with E-state index in [0.717, 1.165) is 12.0 Å². The van der Waals surface area contributed by atoms with Gasteiger partial charge in [-0.05, 0) is 30.0 Å². The van der Waals surface area contributed by atoms with Gasteiger partial charge in [0.2, 0.25) is 0 Å². The molecule has 6 heteroatoms. The minimum Gasteiger partial charge on any atom is -0.496 e. The molecule has 0 aliphatic heterocycles. The average Bonchev–Trinajstić information content (AvgIpc) is 3.20. The fraction of sp³-hybridized carbons (Fsp3) is 0.286. The highest BCUT2D eigenvalue weighted by atomic mass is 32.2. The van der Waals surface area contributed by atoms with Gasteiger partial charge in [-0.2, -0.15) is 0 Å². The van der Waals surface area contributed by atoms with Crippen LogP contribution in [0.15, 0.2) is 58.2 Å². The predicted octanol–water partition coefficient (Wildman–Crippen LogP) is 5.23. The molecule has 1 heterocycles. The molecule has 1 aromatic heterocycles. The van der Waals surface area contributed by atoms with E-state index in [4.69, 9.17) is 9.15 Å². The number of thioether (sulfide) groups is 1. The van der Waals surface area contributed by atoms with Crippen LogP contribution >= 0.6 is 11.8 Å². The second kappa shape index (κ2) is 8.86. The van der Waals surface area contributed by atoms with Crippen LogP contribution in [0.2, 0.25) is 0 Å². The first-order chi connectivity index (χ1) is 13.1. The number of Topliss-reactive ketones (excluding diaryl/α,β-unsaturated/α-hetero) is 1. The van der Waals surface area contributed by atoms with Gasteiger partial charge in [-0.1, -0.05) is 62.0 Å². The maximum atomic E-state index is 12.4. The molecule has 3 aromatic rings. The number of methoxy groups -OCH3 is 1. The van der Waals surface area contributed by atoms with Crippen molar-refractivity contribution < 1.29 is 13.9 Å². The number of para-hydroxylation sites is 1. The fourth-order valence-corrected chi connectivity index (χ4v) is 3.30. The average molecular weight is 382 g/mol. The van der Waals surface area contributed by atoms with Crippen molar-refractivity contribution in [2.75, 3.05) is 12.9 Å². The monoisotopic (exact) mass is 382 g/mol. The highest BCUT2D eigenvalue weighted by molar-refractivity contribution is 7.99. The summed E-state index contributed by atoms with van der Waals surface area (Å²) < 4.78 is 11.0. The van der Waals surface area contributed by atoms with Crippen molar-refractivity contribution in [3.05, 3.63) is 59.7 Å². The summed E-state index contributed by atoms with van der Waals surface area (Å²) in [6.45, 7) is 4.34. The van der Waals surface area contributed by atoms with Crippen LogP contribution in [0, 0.1) is 0 Å². The molecule has 0 radical (unpaired) electrons. The van der Waals surface area contributed by atoms with Crippen LogP contribution in [0.25, 0.3) is 11.5 Å². The number of carbonyl (C=O) groups is 1. The van der Waals surface area contributed by atoms with E-state index >= 15 is 0 Å². The number of hydrogen-bond acceptors (Lipinski definition) is 6. The van der Waals surface area contributed by atoms with Gasteiger partial charge in [0.25, 0.3) is 11.1 Å². The Balaban J connectivity index is 1.64. The van der Waals surface area contributed by atoms with Crippen LogP contribution < -0.4 is 4.74 Å². The lowest BCUT2D eigenvalue weighted by Gasteiger charge is -2.09. The molecule has 0 aliphatic carbocycles. The molecule has 1 atom stereocenters. The SMILES string of the molecule is CCC(C)c1ccc(C(=O)CSc2nnc(-c3ccccc3OC)o2)cc1. The molecule has 0 bridgehead atoms. The quantitative estimate of drug-likeness (QED) is 0.392. The summed E-state index contributed by atoms with van der Waals surface area (Å²) in [5.74, 6) is 1.81. The number of benzene rings is 2. The summed E-state index contributed by atoms with van der Waals surface area (Å²) in [5.41, 5.74) is 2.67. The molecule has 5 nitrogen and oxygen atoms in total. The van der Waals surface area contributed by atoms with Crippen molar-refractivity contribution in [1.82, 2.24) is 10.2 Å². The Bertz CT molecular complexity index is 906. The predicted molar refractivity (Wildman–Crippen MR) is 106 cm³/mol. The van der Waals surface area contributed by atoms with Crippen molar-refractivity contribution in [2.45, 2.75) is 31.4 Å². The first kappa shape index (κ1) is 19.2. The van der Waals surface area contributed by atoms with Crippen molar-refractivity contribution in [3.8, 4) is 17.2 Å². The smallest absolute Gasteiger partial charge is 0.277 e. The van der Waals surface area contributed by atoms with Gasteiger partial charge in [0, 0.05) is 5.56 Å². The third kappa shape index (κ3) is 4.57. The van der Waals surface area contributed by atoms with E-state index in [-0.39, 0.29) is 11.5 Å². The zero-order valence-electron chi connectivity index (χ0n) is 15.6. The highest BCUT2D eigenvalue weighted by Crippen LogP contribution is 2.30. The Labute approximate surface area is 163 Å². The molecule has 0 saturated heterocycles. The van der Waals surface area contributed by atoms with Crippen LogP contribution in [0.5, 0.6) is 5.75 Å². The van der Waals surface area contributed by atoms with E-state index in [1.54, 1.807) is 7.11 Å². The Hall–Kier alpha value is -2.60. The number of carbonyl (C=O) groups excluding carboxylic acids is 1. The molecule has 0 fully saturated rings. The van der Waals surface area contributed by atoms with Gasteiger partial charge in [-0.3, -0.25) is 4.79 Å². The minimum absolute atomic E-state index is 0.0349. The third-order valence-corrected chi connectivity index (χ3v) is 5.30. The molecule has 2 aromatic carbocycles. The van der Waals surface area contributed by atoms with Gasteiger partial charge < -0.3 is 9.15 Å². The first-order valence-electron chi connectivity index (χ1n) is 8.85. The van der Waals surface area contributed by atoms with Gasteiger partial charge in [0.05, 0.1) is 18.4 Å². The normalized spacial score (nSPS) is 12.0. The molecule has 0 saturated carbocycles. The van der Waals surface area contributed by atoms with Crippen LogP contribution in [0.3, 0.4) is 0 Å². The molecule has 1 unspecified atom stereocenters. The number of rotatable bonds is 8. The van der Waals surface area contributed by atoms with Gasteiger partial charge in [0.15, 0.2) is 5.78 Å². The van der Waals surface area contributed by atoms with Crippen molar-refractivity contribution in [2.24, 2.45) is 0 Å². The molecule has 0 N–H and O–H groups in total. The third-order valence-electron chi connectivity index (χ3n) is 4.48. The Morgan fingerprint density at radius 2 is 1.89 bits per heavy atom. The molecular formula is C21H22N2O3S. The molecule has 140 valence electrons. The van der Waals surface area contributed by atoms with Crippen molar-refractivity contribution >= 4 is 17.5 Å². The lowest BCUT2D eigenvalue weighted by molar-refractivity contribution is 0.102. The van der Waals surface area contributed by atoms with Crippen LogP contribution in [-0.2, 0) is 0 Å². The molecule has 0 amide bonds. The van der Waals surface area contributed by atoms with E-state index in [1.165, 1.54) is 17.3 Å². The molecule has 0 aliphatic rings. The fourth-order valence-electron chi connectivity index (χ4n) is 2.64. The molecule has 3 rings (SSSR count). The maximum Gasteiger partial charge on any atom is 0.277 e. The van der Waals surface area contributed by atoms with Crippen molar-refractivity contribution in [1.29, 1.82) is 0 Å². The number of ketones is 1. The van der Waals surface area contributed by atoms with E-state index in [9.17, 15) is 4.79 Å². The number of hydrogen-bond donors (Lipinski definition) is 0. The van der Waals surface area contributed by atoms with Crippen LogP contribution in [0.4, 0.5) is 0 Å². The molecular weight excluding hydrogens is 360 g/mol. The van der Waals surface area contributed by atoms with E-state index in [0.29, 0.717) is 28.3 Å². The Morgan fingerprint density at radius 1 is 1.15 bits per heavy atom. The standard InChI is InChI=1S/C21H22N2O3S/c1-4-14(2)15-9-11-16(12-10-15)18(24)13-27-21-23-22-20(26-21)17-7-5-6-8-19(17)25-3/h5-12,14H,4,13H2,1-3H3. The maximum absolute atomic E-state index is 12.4. The molecule has 0 spiro atoms. The summed E-state index contributed by atoms with van der Waals surface area (Å²) in [5, 5.41) is 8.44. The van der Waals surface area contributed by atoms with Gasteiger partial charge in [-0.25, -0.2) is 0 Å². The van der Waals surface area contributed by atoms with E-state index in [2.05, 4.69) is 24.0 Å². The summed E-state index contributed by atoms with van der Waals surface area (Å²) in [4.78, 5) is 12.4. The Morgan fingerprint density at radius 3 is 2.59 bits per heavy atom. The zero-order chi connectivity index (χ0) is 19.2. The second-order valence-electron chi connectivity index (χ2n) is 6.22. The highest BCUT2D eigenvalue weighted by Gasteiger charge is 2.15. The summed E-state index contributed by atoms with van der Waals surface area (Å²) in [6, 6.07) is 15.3. The van der Waals surface area contributed by atoms with Gasteiger partial charge >= 0.3 is 0 Å². The first-order valence-corrected chi connectivity index (χ1v) is 9.83. The van der Waals surface area contributed by atoms with E-state index in [1.807, 2.05) is 48.5 Å². The van der Waals surface area contributed by atoms with Crippen LogP contribution in [0.1, 0.15) is 42.1 Å². The zero-order valence-corrected chi connectivity index (χ0v) is 16.5. The summed E-state index contributed by atoms with van der Waals surface area (Å²) >= 11 is 1.24. The summed E-state index contributed by atoms with van der Waals surface area (Å²) in [6.07, 6.45) is 1.08. The van der Waals surface area contributed by atoms with Gasteiger partial charge in [0.1, 0.15) is 5.75 Å². The number of ether oxygens (including phenoxy) is 1. The lowest BCUT2D eigenvalue weighted by Crippen LogP contribution is -2.03. The topological polar surface area (TPSA) is 65.2 Å². The molecule has 27 heavy (non-hydrogen) atoms. The number of nitrogens with zero attached hydrogens (tertiary/aromatic N) is 2. The van der Waals surface area contributed by atoms with E-state index < -0.39 is 0 Å². The van der Waals surface area contributed by atoms with Gasteiger partial charge in [-0.15, -0.1) is 10.2 Å².